The first-order valence-corrected chi connectivity index (χ1v) is 12.2. The Morgan fingerprint density at radius 2 is 1.94 bits per heavy atom. The van der Waals surface area contributed by atoms with E-state index in [4.69, 9.17) is 16.3 Å². The molecule has 0 atom stereocenters. The molecule has 1 aromatic heterocycles. The van der Waals surface area contributed by atoms with Gasteiger partial charge in [0, 0.05) is 42.4 Å². The molecule has 10 heteroatoms. The monoisotopic (exact) mass is 490 g/mol. The van der Waals surface area contributed by atoms with Gasteiger partial charge in [0.2, 0.25) is 15.9 Å². The smallest absolute Gasteiger partial charge is 0.243 e. The van der Waals surface area contributed by atoms with E-state index in [-0.39, 0.29) is 17.3 Å². The Kier molecular flexibility index (Phi) is 8.12. The number of aromatic nitrogens is 1. The minimum absolute atomic E-state index is 0.117. The lowest BCUT2D eigenvalue weighted by atomic mass is 10.2. The van der Waals surface area contributed by atoms with Crippen LogP contribution >= 0.6 is 11.6 Å². The summed E-state index contributed by atoms with van der Waals surface area (Å²) in [4.78, 5) is 16.7. The van der Waals surface area contributed by atoms with Gasteiger partial charge in [0.05, 0.1) is 24.1 Å². The number of methoxy groups -OCH3 is 1. The molecule has 3 aromatic rings. The average molecular weight is 491 g/mol. The van der Waals surface area contributed by atoms with E-state index < -0.39 is 10.0 Å². The zero-order valence-corrected chi connectivity index (χ0v) is 20.3. The van der Waals surface area contributed by atoms with E-state index in [2.05, 4.69) is 15.6 Å². The molecular weight excluding hydrogens is 464 g/mol. The number of fused-ring (bicyclic) bond motifs is 1. The van der Waals surface area contributed by atoms with Crippen LogP contribution in [0.25, 0.3) is 10.9 Å². The van der Waals surface area contributed by atoms with E-state index in [0.717, 1.165) is 20.9 Å². The fraction of sp³-hybridized carbons (Fsp3) is 0.304. The van der Waals surface area contributed by atoms with Crippen molar-refractivity contribution < 1.29 is 17.9 Å². The molecule has 2 aromatic carbocycles. The van der Waals surface area contributed by atoms with Gasteiger partial charge in [-0.15, -0.1) is 0 Å². The first-order chi connectivity index (χ1) is 15.7. The Bertz CT molecular complexity index is 1250. The number of benzene rings is 2. The minimum atomic E-state index is -3.79. The first-order valence-electron chi connectivity index (χ1n) is 10.4. The molecule has 0 aliphatic heterocycles. The summed E-state index contributed by atoms with van der Waals surface area (Å²) in [5.41, 5.74) is 2.44. The Hall–Kier alpha value is -2.88. The summed E-state index contributed by atoms with van der Waals surface area (Å²) in [6.45, 7) is 2.54. The average Bonchev–Trinajstić information content (AvgIpc) is 2.78. The Morgan fingerprint density at radius 1 is 1.15 bits per heavy atom. The number of anilines is 1. The van der Waals surface area contributed by atoms with Crippen LogP contribution in [-0.2, 0) is 14.8 Å². The number of nitrogens with zero attached hydrogens (tertiary/aromatic N) is 2. The lowest BCUT2D eigenvalue weighted by Gasteiger charge is -2.18. The van der Waals surface area contributed by atoms with Gasteiger partial charge in [-0.1, -0.05) is 11.6 Å². The number of carbonyl (C=O) groups is 1. The zero-order valence-electron chi connectivity index (χ0n) is 18.8. The topological polar surface area (TPSA) is 101 Å². The van der Waals surface area contributed by atoms with Crippen LogP contribution in [0.3, 0.4) is 0 Å². The molecular formula is C23H27ClN4O4S. The SMILES string of the molecule is COc1ccc(S(=O)(=O)N(C)CC(=O)NCCCNc2ccnc3cc(Cl)ccc23)cc1C. The maximum atomic E-state index is 12.8. The number of pyridine rings is 1. The highest BCUT2D eigenvalue weighted by atomic mass is 35.5. The predicted octanol–water partition coefficient (Wildman–Crippen LogP) is 3.44. The van der Waals surface area contributed by atoms with Gasteiger partial charge >= 0.3 is 0 Å². The van der Waals surface area contributed by atoms with Crippen LogP contribution in [0.4, 0.5) is 5.69 Å². The molecule has 33 heavy (non-hydrogen) atoms. The summed E-state index contributed by atoms with van der Waals surface area (Å²) in [7, 11) is -0.876. The number of ether oxygens (including phenoxy) is 1. The van der Waals surface area contributed by atoms with Crippen LogP contribution in [0.5, 0.6) is 5.75 Å². The largest absolute Gasteiger partial charge is 0.496 e. The maximum absolute atomic E-state index is 12.8. The van der Waals surface area contributed by atoms with Crippen molar-refractivity contribution in [3.05, 3.63) is 59.2 Å². The second-order valence-corrected chi connectivity index (χ2v) is 10.0. The molecule has 1 heterocycles. The number of likely N-dealkylation sites (N-methyl/N-ethyl adjacent to an activating group) is 1. The molecule has 8 nitrogen and oxygen atoms in total. The van der Waals surface area contributed by atoms with Gasteiger partial charge < -0.3 is 15.4 Å². The number of carbonyl (C=O) groups excluding carboxylic acids is 1. The number of rotatable bonds is 10. The predicted molar refractivity (Wildman–Crippen MR) is 130 cm³/mol. The fourth-order valence-corrected chi connectivity index (χ4v) is 4.73. The van der Waals surface area contributed by atoms with Crippen LogP contribution in [-0.4, -0.2) is 57.4 Å². The number of amides is 1. The molecule has 2 N–H and O–H groups in total. The highest BCUT2D eigenvalue weighted by molar-refractivity contribution is 7.89. The van der Waals surface area contributed by atoms with Gasteiger partial charge in [0.1, 0.15) is 5.75 Å². The Morgan fingerprint density at radius 3 is 2.67 bits per heavy atom. The third kappa shape index (κ3) is 6.13. The molecule has 3 rings (SSSR count). The molecule has 0 unspecified atom stereocenters. The number of sulfonamides is 1. The zero-order chi connectivity index (χ0) is 24.0. The molecule has 0 aliphatic carbocycles. The lowest BCUT2D eigenvalue weighted by molar-refractivity contribution is -0.121. The summed E-state index contributed by atoms with van der Waals surface area (Å²) in [6, 6.07) is 12.0. The number of aryl methyl sites for hydroxylation is 1. The molecule has 0 radical (unpaired) electrons. The summed E-state index contributed by atoms with van der Waals surface area (Å²) in [6.07, 6.45) is 2.38. The van der Waals surface area contributed by atoms with Gasteiger partial charge in [-0.25, -0.2) is 8.42 Å². The van der Waals surface area contributed by atoms with Gasteiger partial charge in [0.25, 0.3) is 0 Å². The van der Waals surface area contributed by atoms with Crippen LogP contribution < -0.4 is 15.4 Å². The quantitative estimate of drug-likeness (QED) is 0.422. The van der Waals surface area contributed by atoms with E-state index in [0.29, 0.717) is 35.8 Å². The molecule has 176 valence electrons. The maximum Gasteiger partial charge on any atom is 0.243 e. The molecule has 1 amide bonds. The summed E-state index contributed by atoms with van der Waals surface area (Å²) >= 11 is 6.02. The molecule has 0 aliphatic rings. The van der Waals surface area contributed by atoms with Crippen molar-refractivity contribution in [1.82, 2.24) is 14.6 Å². The van der Waals surface area contributed by atoms with E-state index in [1.165, 1.54) is 26.3 Å². The van der Waals surface area contributed by atoms with E-state index in [1.54, 1.807) is 25.3 Å². The third-order valence-electron chi connectivity index (χ3n) is 5.14. The van der Waals surface area contributed by atoms with Crippen molar-refractivity contribution in [2.24, 2.45) is 0 Å². The highest BCUT2D eigenvalue weighted by Gasteiger charge is 2.23. The van der Waals surface area contributed by atoms with Crippen molar-refractivity contribution in [3.8, 4) is 5.75 Å². The standard InChI is InChI=1S/C23H27ClN4O4S/c1-16-13-18(6-8-22(16)32-3)33(30,31)28(2)15-23(29)27-11-4-10-25-20-9-12-26-21-14-17(24)5-7-19(20)21/h5-9,12-14H,4,10-11,15H2,1-3H3,(H,25,26)(H,27,29). The molecule has 0 saturated heterocycles. The lowest BCUT2D eigenvalue weighted by Crippen LogP contribution is -2.38. The van der Waals surface area contributed by atoms with Gasteiger partial charge in [-0.3, -0.25) is 9.78 Å². The summed E-state index contributed by atoms with van der Waals surface area (Å²) in [5.74, 6) is 0.238. The summed E-state index contributed by atoms with van der Waals surface area (Å²) in [5, 5.41) is 7.69. The van der Waals surface area contributed by atoms with Crippen molar-refractivity contribution in [2.75, 3.05) is 39.1 Å². The number of hydrogen-bond acceptors (Lipinski definition) is 6. The Balaban J connectivity index is 1.47. The van der Waals surface area contributed by atoms with Crippen LogP contribution in [0.15, 0.2) is 53.6 Å². The van der Waals surface area contributed by atoms with Gasteiger partial charge in [0.15, 0.2) is 0 Å². The highest BCUT2D eigenvalue weighted by Crippen LogP contribution is 2.24. The van der Waals surface area contributed by atoms with Gasteiger partial charge in [-0.05, 0) is 61.4 Å². The number of halogens is 1. The van der Waals surface area contributed by atoms with Gasteiger partial charge in [-0.2, -0.15) is 4.31 Å². The fourth-order valence-electron chi connectivity index (χ4n) is 3.35. The Labute approximate surface area is 199 Å². The molecule has 0 fully saturated rings. The summed E-state index contributed by atoms with van der Waals surface area (Å²) < 4.78 is 31.7. The van der Waals surface area contributed by atoms with E-state index in [9.17, 15) is 13.2 Å². The normalized spacial score (nSPS) is 11.5. The van der Waals surface area contributed by atoms with E-state index in [1.807, 2.05) is 18.2 Å². The van der Waals surface area contributed by atoms with Crippen LogP contribution in [0, 0.1) is 6.92 Å². The van der Waals surface area contributed by atoms with E-state index >= 15 is 0 Å². The third-order valence-corrected chi connectivity index (χ3v) is 7.17. The minimum Gasteiger partial charge on any atom is -0.496 e. The second-order valence-electron chi connectivity index (χ2n) is 7.54. The van der Waals surface area contributed by atoms with Crippen molar-refractivity contribution in [2.45, 2.75) is 18.2 Å². The molecule has 0 spiro atoms. The first kappa shape index (κ1) is 24.8. The second kappa shape index (κ2) is 10.8. The van der Waals surface area contributed by atoms with Crippen molar-refractivity contribution >= 4 is 44.1 Å². The van der Waals surface area contributed by atoms with Crippen LogP contribution in [0.2, 0.25) is 5.02 Å². The number of hydrogen-bond donors (Lipinski definition) is 2. The van der Waals surface area contributed by atoms with Crippen LogP contribution in [0.1, 0.15) is 12.0 Å². The molecule has 0 saturated carbocycles. The van der Waals surface area contributed by atoms with Crippen molar-refractivity contribution in [1.29, 1.82) is 0 Å². The number of nitrogens with one attached hydrogen (secondary N) is 2. The molecule has 0 bridgehead atoms. The van der Waals surface area contributed by atoms with Crippen molar-refractivity contribution in [3.63, 3.8) is 0 Å².